The van der Waals surface area contributed by atoms with Gasteiger partial charge in [0.2, 0.25) is 0 Å². The molecule has 1 unspecified atom stereocenters. The maximum atomic E-state index is 13.5. The van der Waals surface area contributed by atoms with Crippen molar-refractivity contribution >= 4 is 15.9 Å². The smallest absolute Gasteiger partial charge is 0.123 e. The summed E-state index contributed by atoms with van der Waals surface area (Å²) in [5, 5.41) is 3.53. The normalized spacial score (nSPS) is 12.3. The number of halogens is 2. The number of unbranched alkanes of at least 4 members (excludes halogenated alkanes) is 3. The van der Waals surface area contributed by atoms with Crippen molar-refractivity contribution in [3.8, 4) is 0 Å². The molecule has 0 radical (unpaired) electrons. The fourth-order valence-corrected chi connectivity index (χ4v) is 2.80. The molecule has 20 heavy (non-hydrogen) atoms. The van der Waals surface area contributed by atoms with Crippen molar-refractivity contribution in [3.63, 3.8) is 0 Å². The van der Waals surface area contributed by atoms with Crippen LogP contribution in [0.25, 0.3) is 0 Å². The van der Waals surface area contributed by atoms with Crippen molar-refractivity contribution in [2.24, 2.45) is 0 Å². The van der Waals surface area contributed by atoms with Crippen molar-refractivity contribution in [3.05, 3.63) is 46.7 Å². The Labute approximate surface area is 130 Å². The minimum Gasteiger partial charge on any atom is -0.310 e. The molecule has 1 rings (SSSR count). The highest BCUT2D eigenvalue weighted by Gasteiger charge is 2.14. The van der Waals surface area contributed by atoms with Crippen molar-refractivity contribution in [1.82, 2.24) is 5.32 Å². The Morgan fingerprint density at radius 1 is 1.35 bits per heavy atom. The average Bonchev–Trinajstić information content (AvgIpc) is 2.45. The molecule has 0 heterocycles. The van der Waals surface area contributed by atoms with Gasteiger partial charge in [0.25, 0.3) is 0 Å². The molecule has 1 aromatic rings. The first-order valence-electron chi connectivity index (χ1n) is 7.48. The fraction of sp³-hybridized carbons (Fsp3) is 0.529. The highest BCUT2D eigenvalue weighted by Crippen LogP contribution is 2.28. The molecular weight excluding hydrogens is 317 g/mol. The lowest BCUT2D eigenvalue weighted by atomic mass is 9.99. The third-order valence-electron chi connectivity index (χ3n) is 3.38. The van der Waals surface area contributed by atoms with Gasteiger partial charge in [-0.05, 0) is 56.0 Å². The van der Waals surface area contributed by atoms with E-state index in [-0.39, 0.29) is 11.9 Å². The van der Waals surface area contributed by atoms with Crippen LogP contribution in [0.2, 0.25) is 0 Å². The van der Waals surface area contributed by atoms with E-state index >= 15 is 0 Å². The Morgan fingerprint density at radius 3 is 2.85 bits per heavy atom. The van der Waals surface area contributed by atoms with Gasteiger partial charge in [-0.2, -0.15) is 0 Å². The predicted octanol–water partition coefficient (Wildman–Crippen LogP) is 5.77. The zero-order chi connectivity index (χ0) is 14.8. The number of allylic oxidation sites excluding steroid dienone is 1. The van der Waals surface area contributed by atoms with E-state index in [1.807, 2.05) is 6.08 Å². The van der Waals surface area contributed by atoms with Crippen LogP contribution in [-0.4, -0.2) is 6.54 Å². The zero-order valence-corrected chi connectivity index (χ0v) is 13.9. The molecule has 1 aromatic carbocycles. The molecule has 0 spiro atoms. The lowest BCUT2D eigenvalue weighted by Crippen LogP contribution is -2.22. The van der Waals surface area contributed by atoms with Gasteiger partial charge in [0, 0.05) is 10.5 Å². The van der Waals surface area contributed by atoms with E-state index < -0.39 is 0 Å². The van der Waals surface area contributed by atoms with E-state index in [0.29, 0.717) is 0 Å². The minimum absolute atomic E-state index is 0.168. The Balaban J connectivity index is 2.62. The third kappa shape index (κ3) is 6.19. The SMILES string of the molecule is C=CCCCCCC(NCCC)c1cc(F)ccc1Br. The van der Waals surface area contributed by atoms with Gasteiger partial charge in [0.1, 0.15) is 5.82 Å². The summed E-state index contributed by atoms with van der Waals surface area (Å²) in [6, 6.07) is 5.15. The van der Waals surface area contributed by atoms with Gasteiger partial charge in [-0.1, -0.05) is 41.8 Å². The Kier molecular flexibility index (Phi) is 8.79. The van der Waals surface area contributed by atoms with Gasteiger partial charge in [-0.3, -0.25) is 0 Å². The summed E-state index contributed by atoms with van der Waals surface area (Å²) in [5.41, 5.74) is 1.03. The molecule has 1 atom stereocenters. The quantitative estimate of drug-likeness (QED) is 0.421. The molecule has 0 aliphatic carbocycles. The summed E-state index contributed by atoms with van der Waals surface area (Å²) in [4.78, 5) is 0. The standard InChI is InChI=1S/C17H25BrFN/c1-3-5-6-7-8-9-17(20-12-4-2)15-13-14(19)10-11-16(15)18/h3,10-11,13,17,20H,1,4-9,12H2,2H3. The monoisotopic (exact) mass is 341 g/mol. The van der Waals surface area contributed by atoms with Crippen molar-refractivity contribution in [1.29, 1.82) is 0 Å². The van der Waals surface area contributed by atoms with Gasteiger partial charge < -0.3 is 5.32 Å². The van der Waals surface area contributed by atoms with E-state index in [0.717, 1.165) is 42.3 Å². The average molecular weight is 342 g/mol. The molecule has 0 aromatic heterocycles. The predicted molar refractivity (Wildman–Crippen MR) is 88.4 cm³/mol. The van der Waals surface area contributed by atoms with E-state index in [4.69, 9.17) is 0 Å². The lowest BCUT2D eigenvalue weighted by molar-refractivity contribution is 0.468. The van der Waals surface area contributed by atoms with Gasteiger partial charge >= 0.3 is 0 Å². The second-order valence-corrected chi connectivity index (χ2v) is 5.95. The number of hydrogen-bond donors (Lipinski definition) is 1. The molecule has 3 heteroatoms. The number of benzene rings is 1. The lowest BCUT2D eigenvalue weighted by Gasteiger charge is -2.20. The number of hydrogen-bond acceptors (Lipinski definition) is 1. The Bertz CT molecular complexity index is 406. The van der Waals surface area contributed by atoms with Crippen LogP contribution >= 0.6 is 15.9 Å². The maximum Gasteiger partial charge on any atom is 0.123 e. The summed E-state index contributed by atoms with van der Waals surface area (Å²) in [6.45, 7) is 6.85. The van der Waals surface area contributed by atoms with Crippen LogP contribution in [0.3, 0.4) is 0 Å². The highest BCUT2D eigenvalue weighted by molar-refractivity contribution is 9.10. The summed E-state index contributed by atoms with van der Waals surface area (Å²) in [6.07, 6.45) is 8.71. The van der Waals surface area contributed by atoms with Crippen molar-refractivity contribution in [2.45, 2.75) is 51.5 Å². The van der Waals surface area contributed by atoms with Crippen LogP contribution in [0.4, 0.5) is 4.39 Å². The highest BCUT2D eigenvalue weighted by atomic mass is 79.9. The first-order valence-corrected chi connectivity index (χ1v) is 8.27. The molecule has 0 aliphatic rings. The van der Waals surface area contributed by atoms with Gasteiger partial charge in [-0.25, -0.2) is 4.39 Å². The zero-order valence-electron chi connectivity index (χ0n) is 12.3. The number of nitrogens with one attached hydrogen (secondary N) is 1. The van der Waals surface area contributed by atoms with Crippen molar-refractivity contribution in [2.75, 3.05) is 6.54 Å². The largest absolute Gasteiger partial charge is 0.310 e. The first kappa shape index (κ1) is 17.4. The molecular formula is C17H25BrFN. The third-order valence-corrected chi connectivity index (χ3v) is 4.10. The topological polar surface area (TPSA) is 12.0 Å². The Hall–Kier alpha value is -0.670. The van der Waals surface area contributed by atoms with Crippen LogP contribution in [0.1, 0.15) is 57.1 Å². The second-order valence-electron chi connectivity index (χ2n) is 5.10. The van der Waals surface area contributed by atoms with Gasteiger partial charge in [0.05, 0.1) is 0 Å². The van der Waals surface area contributed by atoms with E-state index in [1.54, 1.807) is 12.1 Å². The van der Waals surface area contributed by atoms with Crippen LogP contribution in [0, 0.1) is 5.82 Å². The second kappa shape index (κ2) is 10.1. The van der Waals surface area contributed by atoms with Gasteiger partial charge in [0.15, 0.2) is 0 Å². The number of rotatable bonds is 10. The maximum absolute atomic E-state index is 13.5. The van der Waals surface area contributed by atoms with E-state index in [2.05, 4.69) is 34.7 Å². The summed E-state index contributed by atoms with van der Waals surface area (Å²) in [5.74, 6) is -0.168. The molecule has 1 N–H and O–H groups in total. The van der Waals surface area contributed by atoms with Crippen LogP contribution in [0.5, 0.6) is 0 Å². The first-order chi connectivity index (χ1) is 9.69. The summed E-state index contributed by atoms with van der Waals surface area (Å²) in [7, 11) is 0. The molecule has 112 valence electrons. The van der Waals surface area contributed by atoms with E-state index in [9.17, 15) is 4.39 Å². The molecule has 0 saturated heterocycles. The minimum atomic E-state index is -0.168. The fourth-order valence-electron chi connectivity index (χ4n) is 2.28. The van der Waals surface area contributed by atoms with Crippen LogP contribution < -0.4 is 5.32 Å². The Morgan fingerprint density at radius 2 is 2.15 bits per heavy atom. The van der Waals surface area contributed by atoms with Gasteiger partial charge in [-0.15, -0.1) is 6.58 Å². The van der Waals surface area contributed by atoms with Crippen LogP contribution in [0.15, 0.2) is 35.3 Å². The van der Waals surface area contributed by atoms with Crippen molar-refractivity contribution < 1.29 is 4.39 Å². The molecule has 0 saturated carbocycles. The summed E-state index contributed by atoms with van der Waals surface area (Å²) >= 11 is 3.54. The molecule has 0 bridgehead atoms. The van der Waals surface area contributed by atoms with E-state index in [1.165, 1.54) is 18.9 Å². The molecule has 0 fully saturated rings. The molecule has 0 aliphatic heterocycles. The van der Waals surface area contributed by atoms with Crippen LogP contribution in [-0.2, 0) is 0 Å². The summed E-state index contributed by atoms with van der Waals surface area (Å²) < 4.78 is 14.4. The molecule has 0 amide bonds. The molecule has 1 nitrogen and oxygen atoms in total.